The van der Waals surface area contributed by atoms with Gasteiger partial charge in [-0.25, -0.2) is 0 Å². The van der Waals surface area contributed by atoms with Crippen LogP contribution in [0.15, 0.2) is 30.3 Å². The fourth-order valence-corrected chi connectivity index (χ4v) is 2.17. The lowest BCUT2D eigenvalue weighted by molar-refractivity contribution is -0.120. The molecule has 3 heteroatoms. The van der Waals surface area contributed by atoms with Gasteiger partial charge in [0.25, 0.3) is 0 Å². The Hall–Kier alpha value is -1.35. The number of carbonyl (C=O) groups excluding carboxylic acids is 1. The van der Waals surface area contributed by atoms with Gasteiger partial charge in [-0.3, -0.25) is 4.79 Å². The summed E-state index contributed by atoms with van der Waals surface area (Å²) in [5.41, 5.74) is 6.09. The zero-order valence-electron chi connectivity index (χ0n) is 10.2. The first-order valence-corrected chi connectivity index (χ1v) is 5.55. The Morgan fingerprint density at radius 1 is 1.38 bits per heavy atom. The Morgan fingerprint density at radius 2 is 1.94 bits per heavy atom. The Labute approximate surface area is 97.0 Å². The lowest BCUT2D eigenvalue weighted by Crippen LogP contribution is -2.47. The monoisotopic (exact) mass is 220 g/mol. The average Bonchev–Trinajstić information content (AvgIpc) is 2.26. The van der Waals surface area contributed by atoms with Crippen LogP contribution in [-0.4, -0.2) is 13.0 Å². The predicted octanol–water partition coefficient (Wildman–Crippen LogP) is 1.63. The smallest absolute Gasteiger partial charge is 0.219 e. The van der Waals surface area contributed by atoms with Gasteiger partial charge in [0, 0.05) is 6.42 Å². The van der Waals surface area contributed by atoms with Crippen LogP contribution < -0.4 is 11.1 Å². The lowest BCUT2D eigenvalue weighted by atomic mass is 9.77. The van der Waals surface area contributed by atoms with E-state index in [0.29, 0.717) is 6.42 Å². The van der Waals surface area contributed by atoms with Gasteiger partial charge in [-0.15, -0.1) is 0 Å². The molecule has 0 radical (unpaired) electrons. The minimum absolute atomic E-state index is 0.285. The molecule has 1 amide bonds. The van der Waals surface area contributed by atoms with Crippen LogP contribution in [0, 0.1) is 5.92 Å². The summed E-state index contributed by atoms with van der Waals surface area (Å²) in [6, 6.07) is 9.98. The fourth-order valence-electron chi connectivity index (χ4n) is 2.17. The Kier molecular flexibility index (Phi) is 4.07. The van der Waals surface area contributed by atoms with Gasteiger partial charge in [0.2, 0.25) is 5.91 Å². The second kappa shape index (κ2) is 5.12. The van der Waals surface area contributed by atoms with E-state index in [2.05, 4.69) is 19.2 Å². The molecule has 1 atom stereocenters. The van der Waals surface area contributed by atoms with Crippen molar-refractivity contribution < 1.29 is 4.79 Å². The number of benzene rings is 1. The summed E-state index contributed by atoms with van der Waals surface area (Å²) in [7, 11) is 1.87. The highest BCUT2D eigenvalue weighted by Crippen LogP contribution is 2.32. The van der Waals surface area contributed by atoms with Crippen molar-refractivity contribution in [2.24, 2.45) is 11.7 Å². The van der Waals surface area contributed by atoms with Crippen LogP contribution in [0.1, 0.15) is 25.8 Å². The average molecular weight is 220 g/mol. The molecule has 0 aliphatic carbocycles. The van der Waals surface area contributed by atoms with Crippen molar-refractivity contribution in [1.82, 2.24) is 5.32 Å². The first kappa shape index (κ1) is 12.7. The molecule has 0 aliphatic rings. The number of hydrogen-bond donors (Lipinski definition) is 2. The maximum atomic E-state index is 11.2. The number of nitrogens with one attached hydrogen (secondary N) is 1. The Bertz CT molecular complexity index is 348. The van der Waals surface area contributed by atoms with E-state index in [1.54, 1.807) is 0 Å². The van der Waals surface area contributed by atoms with Gasteiger partial charge in [0.15, 0.2) is 0 Å². The van der Waals surface area contributed by atoms with Crippen molar-refractivity contribution in [1.29, 1.82) is 0 Å². The maximum absolute atomic E-state index is 11.2. The third-order valence-corrected chi connectivity index (χ3v) is 3.17. The zero-order valence-corrected chi connectivity index (χ0v) is 10.2. The van der Waals surface area contributed by atoms with Gasteiger partial charge < -0.3 is 11.1 Å². The fraction of sp³-hybridized carbons (Fsp3) is 0.462. The molecule has 0 saturated carbocycles. The minimum atomic E-state index is -0.368. The standard InChI is InChI=1S/C13H20N2O/c1-10(2)13(15-3,9-12(14)16)11-7-5-4-6-8-11/h4-8,10,15H,9H2,1-3H3,(H2,14,16). The van der Waals surface area contributed by atoms with E-state index in [0.717, 1.165) is 5.56 Å². The highest BCUT2D eigenvalue weighted by molar-refractivity contribution is 5.75. The summed E-state index contributed by atoms with van der Waals surface area (Å²) in [6.45, 7) is 4.18. The van der Waals surface area contributed by atoms with Gasteiger partial charge >= 0.3 is 0 Å². The molecule has 16 heavy (non-hydrogen) atoms. The molecular formula is C13H20N2O. The van der Waals surface area contributed by atoms with E-state index in [1.165, 1.54) is 0 Å². The maximum Gasteiger partial charge on any atom is 0.219 e. The van der Waals surface area contributed by atoms with E-state index >= 15 is 0 Å². The van der Waals surface area contributed by atoms with Crippen molar-refractivity contribution in [3.8, 4) is 0 Å². The van der Waals surface area contributed by atoms with E-state index in [4.69, 9.17) is 5.73 Å². The highest BCUT2D eigenvalue weighted by atomic mass is 16.1. The number of nitrogens with two attached hydrogens (primary N) is 1. The van der Waals surface area contributed by atoms with Crippen LogP contribution >= 0.6 is 0 Å². The number of primary amides is 1. The molecule has 88 valence electrons. The molecule has 0 aromatic heterocycles. The summed E-state index contributed by atoms with van der Waals surface area (Å²) < 4.78 is 0. The number of rotatable bonds is 5. The van der Waals surface area contributed by atoms with Gasteiger partial charge in [-0.1, -0.05) is 44.2 Å². The largest absolute Gasteiger partial charge is 0.370 e. The second-order valence-electron chi connectivity index (χ2n) is 4.39. The Balaban J connectivity index is 3.17. The molecule has 1 aromatic rings. The molecule has 0 saturated heterocycles. The molecule has 1 unspecified atom stereocenters. The summed E-state index contributed by atoms with van der Waals surface area (Å²) in [4.78, 5) is 11.2. The first-order valence-electron chi connectivity index (χ1n) is 5.55. The zero-order chi connectivity index (χ0) is 12.2. The Morgan fingerprint density at radius 3 is 2.31 bits per heavy atom. The molecule has 0 heterocycles. The summed E-state index contributed by atoms with van der Waals surface area (Å²) in [6.07, 6.45) is 0.311. The topological polar surface area (TPSA) is 55.1 Å². The molecule has 1 aromatic carbocycles. The number of carbonyl (C=O) groups is 1. The van der Waals surface area contributed by atoms with Crippen LogP contribution in [0.4, 0.5) is 0 Å². The van der Waals surface area contributed by atoms with Crippen molar-refractivity contribution >= 4 is 5.91 Å². The summed E-state index contributed by atoms with van der Waals surface area (Å²) in [5, 5.41) is 3.26. The van der Waals surface area contributed by atoms with Crippen molar-refractivity contribution in [2.45, 2.75) is 25.8 Å². The van der Waals surface area contributed by atoms with E-state index < -0.39 is 0 Å². The number of amides is 1. The lowest BCUT2D eigenvalue weighted by Gasteiger charge is -2.37. The van der Waals surface area contributed by atoms with Crippen LogP contribution in [0.3, 0.4) is 0 Å². The molecule has 1 rings (SSSR count). The molecule has 3 nitrogen and oxygen atoms in total. The molecule has 0 aliphatic heterocycles. The molecule has 0 spiro atoms. The second-order valence-corrected chi connectivity index (χ2v) is 4.39. The van der Waals surface area contributed by atoms with Crippen molar-refractivity contribution in [2.75, 3.05) is 7.05 Å². The number of hydrogen-bond acceptors (Lipinski definition) is 2. The van der Waals surface area contributed by atoms with E-state index in [9.17, 15) is 4.79 Å². The molecule has 0 bridgehead atoms. The van der Waals surface area contributed by atoms with Gasteiger partial charge in [-0.05, 0) is 18.5 Å². The predicted molar refractivity (Wildman–Crippen MR) is 65.8 cm³/mol. The molecule has 0 fully saturated rings. The van der Waals surface area contributed by atoms with E-state index in [1.807, 2.05) is 37.4 Å². The minimum Gasteiger partial charge on any atom is -0.370 e. The van der Waals surface area contributed by atoms with Gasteiger partial charge in [0.1, 0.15) is 0 Å². The van der Waals surface area contributed by atoms with Crippen LogP contribution in [-0.2, 0) is 10.3 Å². The summed E-state index contributed by atoms with van der Waals surface area (Å²) >= 11 is 0. The van der Waals surface area contributed by atoms with Gasteiger partial charge in [0.05, 0.1) is 5.54 Å². The quantitative estimate of drug-likeness (QED) is 0.792. The first-order chi connectivity index (χ1) is 7.53. The molecule has 3 N–H and O–H groups in total. The van der Waals surface area contributed by atoms with E-state index in [-0.39, 0.29) is 17.4 Å². The summed E-state index contributed by atoms with van der Waals surface area (Å²) in [5.74, 6) is -0.000645. The van der Waals surface area contributed by atoms with Crippen molar-refractivity contribution in [3.05, 3.63) is 35.9 Å². The SMILES string of the molecule is CNC(CC(N)=O)(c1ccccc1)C(C)C. The molecular weight excluding hydrogens is 200 g/mol. The highest BCUT2D eigenvalue weighted by Gasteiger charge is 2.35. The van der Waals surface area contributed by atoms with Gasteiger partial charge in [-0.2, -0.15) is 0 Å². The van der Waals surface area contributed by atoms with Crippen molar-refractivity contribution in [3.63, 3.8) is 0 Å². The normalized spacial score (nSPS) is 14.8. The third-order valence-electron chi connectivity index (χ3n) is 3.17. The van der Waals surface area contributed by atoms with Crippen LogP contribution in [0.25, 0.3) is 0 Å². The third kappa shape index (κ3) is 2.42. The van der Waals surface area contributed by atoms with Crippen LogP contribution in [0.2, 0.25) is 0 Å². The van der Waals surface area contributed by atoms with Crippen LogP contribution in [0.5, 0.6) is 0 Å².